The molecular weight excluding hydrogens is 270 g/mol. The highest BCUT2D eigenvalue weighted by molar-refractivity contribution is 5.92. The second-order valence-corrected chi connectivity index (χ2v) is 5.20. The van der Waals surface area contributed by atoms with Gasteiger partial charge in [0.25, 0.3) is 5.91 Å². The minimum absolute atomic E-state index is 0.0228. The van der Waals surface area contributed by atoms with E-state index in [0.717, 1.165) is 5.69 Å². The topological polar surface area (TPSA) is 56.6 Å². The fourth-order valence-corrected chi connectivity index (χ4v) is 2.01. The number of hydrogen-bond donors (Lipinski definition) is 0. The molecule has 21 heavy (non-hydrogen) atoms. The zero-order valence-corrected chi connectivity index (χ0v) is 13.8. The van der Waals surface area contributed by atoms with E-state index in [4.69, 9.17) is 9.47 Å². The highest BCUT2D eigenvalue weighted by Gasteiger charge is 2.21. The Hall–Kier alpha value is -1.40. The maximum atomic E-state index is 12.7. The summed E-state index contributed by atoms with van der Waals surface area (Å²) in [5.41, 5.74) is 1.58. The zero-order valence-electron chi connectivity index (χ0n) is 13.8. The van der Waals surface area contributed by atoms with E-state index in [9.17, 15) is 4.79 Å². The van der Waals surface area contributed by atoms with Gasteiger partial charge in [-0.15, -0.1) is 0 Å². The van der Waals surface area contributed by atoms with Gasteiger partial charge < -0.3 is 14.4 Å². The van der Waals surface area contributed by atoms with Crippen LogP contribution in [0.25, 0.3) is 0 Å². The average molecular weight is 297 g/mol. The summed E-state index contributed by atoms with van der Waals surface area (Å²) >= 11 is 0. The van der Waals surface area contributed by atoms with Crippen molar-refractivity contribution in [2.75, 3.05) is 40.5 Å². The molecule has 1 aromatic rings. The van der Waals surface area contributed by atoms with Crippen molar-refractivity contribution < 1.29 is 14.3 Å². The van der Waals surface area contributed by atoms with Crippen LogP contribution in [0.1, 0.15) is 42.9 Å². The van der Waals surface area contributed by atoms with Crippen LogP contribution in [-0.2, 0) is 16.0 Å². The van der Waals surface area contributed by atoms with E-state index in [2.05, 4.69) is 18.9 Å². The van der Waals surface area contributed by atoms with Crippen LogP contribution in [0.2, 0.25) is 0 Å². The summed E-state index contributed by atoms with van der Waals surface area (Å²) in [6.07, 6.45) is 0. The number of carbonyl (C=O) groups excluding carboxylic acids is 1. The number of amides is 1. The molecule has 6 nitrogen and oxygen atoms in total. The fourth-order valence-electron chi connectivity index (χ4n) is 2.01. The van der Waals surface area contributed by atoms with E-state index in [1.165, 1.54) is 0 Å². The molecule has 0 atom stereocenters. The first-order valence-corrected chi connectivity index (χ1v) is 7.40. The van der Waals surface area contributed by atoms with E-state index in [-0.39, 0.29) is 5.91 Å². The number of carbonyl (C=O) groups is 1. The minimum Gasteiger partial charge on any atom is -0.383 e. The van der Waals surface area contributed by atoms with Crippen molar-refractivity contribution in [3.05, 3.63) is 17.5 Å². The summed E-state index contributed by atoms with van der Waals surface area (Å²) in [6, 6.07) is 1.89. The van der Waals surface area contributed by atoms with Gasteiger partial charge in [0.2, 0.25) is 0 Å². The maximum Gasteiger partial charge on any atom is 0.272 e. The minimum atomic E-state index is -0.0228. The summed E-state index contributed by atoms with van der Waals surface area (Å²) in [5.74, 6) is 0.279. The zero-order chi connectivity index (χ0) is 15.8. The molecule has 0 unspecified atom stereocenters. The molecule has 6 heteroatoms. The van der Waals surface area contributed by atoms with Gasteiger partial charge >= 0.3 is 0 Å². The number of methoxy groups -OCH3 is 2. The van der Waals surface area contributed by atoms with Crippen LogP contribution in [0.15, 0.2) is 6.07 Å². The average Bonchev–Trinajstić information content (AvgIpc) is 2.91. The van der Waals surface area contributed by atoms with Crippen LogP contribution < -0.4 is 0 Å². The molecule has 1 rings (SSSR count). The molecule has 0 fully saturated rings. The van der Waals surface area contributed by atoms with Crippen LogP contribution in [-0.4, -0.2) is 61.1 Å². The summed E-state index contributed by atoms with van der Waals surface area (Å²) < 4.78 is 11.9. The van der Waals surface area contributed by atoms with Crippen LogP contribution in [0.4, 0.5) is 0 Å². The summed E-state index contributed by atoms with van der Waals surface area (Å²) in [5, 5.41) is 4.50. The third-order valence-corrected chi connectivity index (χ3v) is 3.33. The van der Waals surface area contributed by atoms with E-state index < -0.39 is 0 Å². The Bertz CT molecular complexity index is 435. The molecule has 0 N–H and O–H groups in total. The summed E-state index contributed by atoms with van der Waals surface area (Å²) in [4.78, 5) is 14.5. The molecule has 120 valence electrons. The van der Waals surface area contributed by atoms with Gasteiger partial charge in [-0.25, -0.2) is 0 Å². The highest BCUT2D eigenvalue weighted by Crippen LogP contribution is 2.16. The van der Waals surface area contributed by atoms with E-state index in [1.807, 2.05) is 13.0 Å². The number of aryl methyl sites for hydroxylation is 1. The Morgan fingerprint density at radius 2 is 1.86 bits per heavy atom. The lowest BCUT2D eigenvalue weighted by Gasteiger charge is -2.22. The van der Waals surface area contributed by atoms with Gasteiger partial charge in [-0.05, 0) is 18.9 Å². The van der Waals surface area contributed by atoms with Crippen LogP contribution in [0.5, 0.6) is 0 Å². The standard InChI is InChI=1S/C15H27N3O3/c1-6-18-14(11-13(16-18)12(2)3)15(19)17(7-9-20-4)8-10-21-5/h11-12H,6-10H2,1-5H3. The van der Waals surface area contributed by atoms with Gasteiger partial charge in [-0.2, -0.15) is 5.10 Å². The molecule has 0 bridgehead atoms. The lowest BCUT2D eigenvalue weighted by atomic mass is 10.1. The molecule has 0 aliphatic carbocycles. The van der Waals surface area contributed by atoms with E-state index >= 15 is 0 Å². The lowest BCUT2D eigenvalue weighted by Crippen LogP contribution is -2.37. The first kappa shape index (κ1) is 17.7. The molecule has 0 saturated carbocycles. The first-order chi connectivity index (χ1) is 10.0. The Labute approximate surface area is 127 Å². The molecular formula is C15H27N3O3. The number of rotatable bonds is 9. The summed E-state index contributed by atoms with van der Waals surface area (Å²) in [7, 11) is 3.26. The van der Waals surface area contributed by atoms with Gasteiger partial charge in [-0.3, -0.25) is 9.48 Å². The van der Waals surface area contributed by atoms with Gasteiger partial charge in [0.05, 0.1) is 18.9 Å². The second kappa shape index (κ2) is 8.79. The first-order valence-electron chi connectivity index (χ1n) is 7.40. The van der Waals surface area contributed by atoms with E-state index in [0.29, 0.717) is 44.5 Å². The summed E-state index contributed by atoms with van der Waals surface area (Å²) in [6.45, 7) is 8.92. The molecule has 1 aromatic heterocycles. The molecule has 0 aliphatic heterocycles. The van der Waals surface area contributed by atoms with Crippen molar-refractivity contribution in [2.45, 2.75) is 33.2 Å². The highest BCUT2D eigenvalue weighted by atomic mass is 16.5. The largest absolute Gasteiger partial charge is 0.383 e. The second-order valence-electron chi connectivity index (χ2n) is 5.20. The third-order valence-electron chi connectivity index (χ3n) is 3.33. The predicted molar refractivity (Wildman–Crippen MR) is 81.6 cm³/mol. The Kier molecular flexibility index (Phi) is 7.39. The van der Waals surface area contributed by atoms with Crippen molar-refractivity contribution in [3.8, 4) is 0 Å². The molecule has 0 saturated heterocycles. The van der Waals surface area contributed by atoms with E-state index in [1.54, 1.807) is 23.8 Å². The molecule has 1 heterocycles. The van der Waals surface area contributed by atoms with Crippen molar-refractivity contribution in [1.29, 1.82) is 0 Å². The molecule has 1 amide bonds. The fraction of sp³-hybridized carbons (Fsp3) is 0.733. The lowest BCUT2D eigenvalue weighted by molar-refractivity contribution is 0.0616. The van der Waals surface area contributed by atoms with Crippen LogP contribution in [0.3, 0.4) is 0 Å². The van der Waals surface area contributed by atoms with Crippen molar-refractivity contribution in [2.24, 2.45) is 0 Å². The molecule has 0 aliphatic rings. The van der Waals surface area contributed by atoms with Crippen LogP contribution >= 0.6 is 0 Å². The maximum absolute atomic E-state index is 12.7. The van der Waals surface area contributed by atoms with Crippen molar-refractivity contribution in [1.82, 2.24) is 14.7 Å². The van der Waals surface area contributed by atoms with Gasteiger partial charge in [-0.1, -0.05) is 13.8 Å². The van der Waals surface area contributed by atoms with Gasteiger partial charge in [0.15, 0.2) is 0 Å². The predicted octanol–water partition coefficient (Wildman–Crippen LogP) is 1.76. The Balaban J connectivity index is 2.95. The number of ether oxygens (including phenoxy) is 2. The van der Waals surface area contributed by atoms with Gasteiger partial charge in [0, 0.05) is 33.9 Å². The van der Waals surface area contributed by atoms with Gasteiger partial charge in [0.1, 0.15) is 5.69 Å². The quantitative estimate of drug-likeness (QED) is 0.697. The molecule has 0 aromatic carbocycles. The van der Waals surface area contributed by atoms with Crippen molar-refractivity contribution in [3.63, 3.8) is 0 Å². The molecule has 0 spiro atoms. The number of aromatic nitrogens is 2. The third kappa shape index (κ3) is 4.82. The molecule has 0 radical (unpaired) electrons. The number of hydrogen-bond acceptors (Lipinski definition) is 4. The Morgan fingerprint density at radius 1 is 1.29 bits per heavy atom. The van der Waals surface area contributed by atoms with Crippen molar-refractivity contribution >= 4 is 5.91 Å². The monoisotopic (exact) mass is 297 g/mol. The van der Waals surface area contributed by atoms with Crippen LogP contribution in [0, 0.1) is 0 Å². The smallest absolute Gasteiger partial charge is 0.272 e. The Morgan fingerprint density at radius 3 is 2.29 bits per heavy atom. The number of nitrogens with zero attached hydrogens (tertiary/aromatic N) is 3. The normalized spacial score (nSPS) is 11.1. The SMILES string of the molecule is CCn1nc(C(C)C)cc1C(=O)N(CCOC)CCOC.